The van der Waals surface area contributed by atoms with Crippen LogP contribution in [0.4, 0.5) is 18.9 Å². The summed E-state index contributed by atoms with van der Waals surface area (Å²) >= 11 is 0. The van der Waals surface area contributed by atoms with Crippen LogP contribution in [0.15, 0.2) is 53.3 Å². The fourth-order valence-electron chi connectivity index (χ4n) is 2.35. The van der Waals surface area contributed by atoms with Gasteiger partial charge in [0, 0.05) is 5.69 Å². The second-order valence-corrected chi connectivity index (χ2v) is 5.59. The van der Waals surface area contributed by atoms with Crippen LogP contribution in [0.25, 0.3) is 10.9 Å². The lowest BCUT2D eigenvalue weighted by atomic mass is 10.2. The van der Waals surface area contributed by atoms with Gasteiger partial charge in [0.2, 0.25) is 5.91 Å². The first-order valence-corrected chi connectivity index (χ1v) is 7.75. The molecular formula is C17H13F3N4O3. The van der Waals surface area contributed by atoms with Crippen molar-refractivity contribution in [3.8, 4) is 5.75 Å². The second-order valence-electron chi connectivity index (χ2n) is 5.59. The van der Waals surface area contributed by atoms with Crippen LogP contribution < -0.4 is 15.6 Å². The van der Waals surface area contributed by atoms with E-state index in [1.54, 1.807) is 24.3 Å². The van der Waals surface area contributed by atoms with Crippen molar-refractivity contribution in [2.24, 2.45) is 0 Å². The Morgan fingerprint density at radius 2 is 1.81 bits per heavy atom. The van der Waals surface area contributed by atoms with Crippen molar-refractivity contribution in [1.29, 1.82) is 0 Å². The largest absolute Gasteiger partial charge is 0.573 e. The molecule has 1 amide bonds. The molecule has 1 unspecified atom stereocenters. The number of carbonyl (C=O) groups is 1. The van der Waals surface area contributed by atoms with Crippen molar-refractivity contribution in [2.45, 2.75) is 19.3 Å². The monoisotopic (exact) mass is 378 g/mol. The average molecular weight is 378 g/mol. The number of aromatic nitrogens is 3. The topological polar surface area (TPSA) is 86.1 Å². The Labute approximate surface area is 150 Å². The number of halogens is 3. The number of hydrogen-bond acceptors (Lipinski definition) is 5. The number of carbonyl (C=O) groups excluding carboxylic acids is 1. The fourth-order valence-corrected chi connectivity index (χ4v) is 2.35. The lowest BCUT2D eigenvalue weighted by Gasteiger charge is -2.14. The van der Waals surface area contributed by atoms with Crippen LogP contribution in [0, 0.1) is 0 Å². The van der Waals surface area contributed by atoms with Crippen molar-refractivity contribution in [1.82, 2.24) is 15.0 Å². The minimum atomic E-state index is -4.80. The third-order valence-electron chi connectivity index (χ3n) is 3.69. The van der Waals surface area contributed by atoms with Crippen LogP contribution in [-0.2, 0) is 4.79 Å². The Morgan fingerprint density at radius 1 is 1.15 bits per heavy atom. The second kappa shape index (κ2) is 7.06. The van der Waals surface area contributed by atoms with Crippen LogP contribution in [0.1, 0.15) is 13.0 Å². The van der Waals surface area contributed by atoms with Crippen molar-refractivity contribution >= 4 is 22.5 Å². The zero-order valence-corrected chi connectivity index (χ0v) is 13.9. The van der Waals surface area contributed by atoms with Gasteiger partial charge in [-0.1, -0.05) is 17.3 Å². The number of ether oxygens (including phenoxy) is 1. The van der Waals surface area contributed by atoms with E-state index >= 15 is 0 Å². The highest BCUT2D eigenvalue weighted by molar-refractivity contribution is 5.93. The lowest BCUT2D eigenvalue weighted by molar-refractivity contribution is -0.274. The summed E-state index contributed by atoms with van der Waals surface area (Å²) in [5, 5.41) is 10.5. The van der Waals surface area contributed by atoms with Crippen LogP contribution in [0.3, 0.4) is 0 Å². The van der Waals surface area contributed by atoms with E-state index in [0.717, 1.165) is 16.8 Å². The van der Waals surface area contributed by atoms with Gasteiger partial charge in [0.1, 0.15) is 17.3 Å². The summed E-state index contributed by atoms with van der Waals surface area (Å²) in [5.41, 5.74) is 0.173. The number of nitrogens with zero attached hydrogens (tertiary/aromatic N) is 3. The Balaban J connectivity index is 1.76. The zero-order chi connectivity index (χ0) is 19.6. The third kappa shape index (κ3) is 4.22. The molecule has 1 aromatic heterocycles. The van der Waals surface area contributed by atoms with E-state index in [0.29, 0.717) is 10.9 Å². The van der Waals surface area contributed by atoms with E-state index in [2.05, 4.69) is 20.4 Å². The first-order chi connectivity index (χ1) is 12.7. The van der Waals surface area contributed by atoms with E-state index < -0.39 is 29.6 Å². The summed E-state index contributed by atoms with van der Waals surface area (Å²) in [6.45, 7) is 1.46. The van der Waals surface area contributed by atoms with Gasteiger partial charge < -0.3 is 10.1 Å². The molecule has 0 spiro atoms. The highest BCUT2D eigenvalue weighted by atomic mass is 19.4. The molecule has 0 aliphatic rings. The maximum absolute atomic E-state index is 12.5. The summed E-state index contributed by atoms with van der Waals surface area (Å²) in [4.78, 5) is 24.8. The van der Waals surface area contributed by atoms with Gasteiger partial charge in [0.15, 0.2) is 0 Å². The predicted octanol–water partition coefficient (Wildman–Crippen LogP) is 2.89. The molecule has 0 radical (unpaired) electrons. The quantitative estimate of drug-likeness (QED) is 0.755. The minimum absolute atomic E-state index is 0.239. The molecule has 27 heavy (non-hydrogen) atoms. The summed E-state index contributed by atoms with van der Waals surface area (Å²) < 4.78 is 41.2. The average Bonchev–Trinajstić information content (AvgIpc) is 2.62. The molecule has 1 atom stereocenters. The van der Waals surface area contributed by atoms with Crippen molar-refractivity contribution in [3.63, 3.8) is 0 Å². The van der Waals surface area contributed by atoms with E-state index in [4.69, 9.17) is 0 Å². The fraction of sp³-hybridized carbons (Fsp3) is 0.176. The Morgan fingerprint density at radius 3 is 2.48 bits per heavy atom. The molecule has 7 nitrogen and oxygen atoms in total. The molecule has 1 heterocycles. The van der Waals surface area contributed by atoms with Gasteiger partial charge in [0.25, 0.3) is 5.56 Å². The SMILES string of the molecule is CC(C(=O)Nc1ccc(OC(F)(F)F)cc1)n1nnc2ccccc2c1=O. The summed E-state index contributed by atoms with van der Waals surface area (Å²) in [6.07, 6.45) is -4.80. The van der Waals surface area contributed by atoms with Gasteiger partial charge in [-0.2, -0.15) is 4.68 Å². The molecule has 140 valence electrons. The molecule has 0 saturated heterocycles. The number of nitrogens with one attached hydrogen (secondary N) is 1. The van der Waals surface area contributed by atoms with E-state index in [1.807, 2.05) is 0 Å². The van der Waals surface area contributed by atoms with Gasteiger partial charge in [-0.3, -0.25) is 9.59 Å². The Hall–Kier alpha value is -3.43. The van der Waals surface area contributed by atoms with E-state index in [-0.39, 0.29) is 5.69 Å². The summed E-state index contributed by atoms with van der Waals surface area (Å²) in [5.74, 6) is -0.990. The standard InChI is InChI=1S/C17H13F3N4O3/c1-10(24-16(26)13-4-2-3-5-14(13)22-23-24)15(25)21-11-6-8-12(9-7-11)27-17(18,19)20/h2-10H,1H3,(H,21,25). The first-order valence-electron chi connectivity index (χ1n) is 7.75. The van der Waals surface area contributed by atoms with Gasteiger partial charge >= 0.3 is 6.36 Å². The van der Waals surface area contributed by atoms with E-state index in [1.165, 1.54) is 19.1 Å². The van der Waals surface area contributed by atoms with Gasteiger partial charge in [-0.25, -0.2) is 0 Å². The van der Waals surface area contributed by atoms with Gasteiger partial charge in [-0.05, 0) is 43.3 Å². The van der Waals surface area contributed by atoms with Crippen LogP contribution in [0.2, 0.25) is 0 Å². The number of rotatable bonds is 4. The van der Waals surface area contributed by atoms with Crippen LogP contribution in [0.5, 0.6) is 5.75 Å². The lowest BCUT2D eigenvalue weighted by Crippen LogP contribution is -2.34. The maximum Gasteiger partial charge on any atom is 0.573 e. The molecule has 1 N–H and O–H groups in total. The van der Waals surface area contributed by atoms with Gasteiger partial charge in [0.05, 0.1) is 5.39 Å². The summed E-state index contributed by atoms with van der Waals surface area (Å²) in [7, 11) is 0. The molecule has 3 rings (SSSR count). The molecular weight excluding hydrogens is 365 g/mol. The number of fused-ring (bicyclic) bond motifs is 1. The number of amides is 1. The van der Waals surface area contributed by atoms with Crippen LogP contribution >= 0.6 is 0 Å². The molecule has 0 saturated carbocycles. The number of benzene rings is 2. The van der Waals surface area contributed by atoms with Crippen molar-refractivity contribution in [3.05, 3.63) is 58.9 Å². The van der Waals surface area contributed by atoms with Crippen LogP contribution in [-0.4, -0.2) is 27.3 Å². The first kappa shape index (κ1) is 18.4. The van der Waals surface area contributed by atoms with Crippen molar-refractivity contribution in [2.75, 3.05) is 5.32 Å². The molecule has 10 heteroatoms. The number of anilines is 1. The minimum Gasteiger partial charge on any atom is -0.406 e. The highest BCUT2D eigenvalue weighted by Gasteiger charge is 2.31. The molecule has 0 aliphatic heterocycles. The van der Waals surface area contributed by atoms with E-state index in [9.17, 15) is 22.8 Å². The number of alkyl halides is 3. The smallest absolute Gasteiger partial charge is 0.406 e. The molecule has 0 fully saturated rings. The Kier molecular flexibility index (Phi) is 4.80. The Bertz CT molecular complexity index is 1030. The zero-order valence-electron chi connectivity index (χ0n) is 13.9. The highest BCUT2D eigenvalue weighted by Crippen LogP contribution is 2.24. The number of hydrogen-bond donors (Lipinski definition) is 1. The maximum atomic E-state index is 12.5. The molecule has 2 aromatic carbocycles. The van der Waals surface area contributed by atoms with Crippen molar-refractivity contribution < 1.29 is 22.7 Å². The predicted molar refractivity (Wildman–Crippen MR) is 90.3 cm³/mol. The molecule has 0 aliphatic carbocycles. The summed E-state index contributed by atoms with van der Waals surface area (Å²) in [6, 6.07) is 10.2. The molecule has 3 aromatic rings. The normalized spacial score (nSPS) is 12.6. The van der Waals surface area contributed by atoms with Gasteiger partial charge in [-0.15, -0.1) is 18.3 Å². The third-order valence-corrected chi connectivity index (χ3v) is 3.69. The molecule has 0 bridgehead atoms.